The van der Waals surface area contributed by atoms with Crippen molar-refractivity contribution in [3.63, 3.8) is 0 Å². The van der Waals surface area contributed by atoms with E-state index in [4.69, 9.17) is 23.7 Å². The Hall–Kier alpha value is -3.37. The van der Waals surface area contributed by atoms with Gasteiger partial charge in [-0.25, -0.2) is 4.79 Å². The summed E-state index contributed by atoms with van der Waals surface area (Å²) in [4.78, 5) is 72.0. The number of rotatable bonds is 8. The van der Waals surface area contributed by atoms with Crippen molar-refractivity contribution < 1.29 is 63.0 Å². The van der Waals surface area contributed by atoms with Crippen molar-refractivity contribution in [3.05, 3.63) is 47.6 Å². The minimum atomic E-state index is -2.43. The second-order valence-corrected chi connectivity index (χ2v) is 20.3. The van der Waals surface area contributed by atoms with Gasteiger partial charge in [-0.2, -0.15) is 0 Å². The molecular formula is C53H83NO13. The number of ether oxygens (including phenoxy) is 5. The summed E-state index contributed by atoms with van der Waals surface area (Å²) in [7, 11) is 3.22. The van der Waals surface area contributed by atoms with E-state index in [1.807, 2.05) is 58.1 Å². The molecular weight excluding hydrogens is 859 g/mol. The number of hydrogen-bond donors (Lipinski definition) is 3. The van der Waals surface area contributed by atoms with Gasteiger partial charge in [0.15, 0.2) is 0 Å². The second kappa shape index (κ2) is 26.6. The highest BCUT2D eigenvalue weighted by Gasteiger charge is 2.53. The summed E-state index contributed by atoms with van der Waals surface area (Å²) in [6.07, 6.45) is 13.8. The van der Waals surface area contributed by atoms with Crippen LogP contribution in [0.1, 0.15) is 132 Å². The molecule has 0 radical (unpaired) electrons. The Morgan fingerprint density at radius 1 is 0.866 bits per heavy atom. The molecule has 378 valence electrons. The molecule has 3 heterocycles. The first-order valence-electron chi connectivity index (χ1n) is 24.9. The molecule has 2 saturated heterocycles. The molecule has 14 heteroatoms. The number of carbonyl (C=O) groups excluding carboxylic acids is 5. The minimum absolute atomic E-state index is 0.0690. The summed E-state index contributed by atoms with van der Waals surface area (Å²) in [6.45, 7) is 14.8. The highest BCUT2D eigenvalue weighted by Crippen LogP contribution is 2.38. The smallest absolute Gasteiger partial charge is 0.329 e. The number of aliphatic hydroxyl groups excluding tert-OH is 2. The molecule has 3 N–H and O–H groups in total. The third-order valence-electron chi connectivity index (χ3n) is 15.0. The van der Waals surface area contributed by atoms with Crippen LogP contribution in [0.3, 0.4) is 0 Å². The summed E-state index contributed by atoms with van der Waals surface area (Å²) in [5, 5.41) is 32.7. The average Bonchev–Trinajstić information content (AvgIpc) is 3.31. The van der Waals surface area contributed by atoms with Crippen LogP contribution in [0.2, 0.25) is 0 Å². The highest BCUT2D eigenvalue weighted by molar-refractivity contribution is 6.39. The number of hydrogen-bond acceptors (Lipinski definition) is 13. The number of carbonyl (C=O) groups is 5. The van der Waals surface area contributed by atoms with Crippen LogP contribution in [0, 0.1) is 41.4 Å². The van der Waals surface area contributed by atoms with E-state index >= 15 is 0 Å². The topological polar surface area (TPSA) is 195 Å². The average molecular weight is 942 g/mol. The van der Waals surface area contributed by atoms with E-state index in [0.29, 0.717) is 63.4 Å². The van der Waals surface area contributed by atoms with Crippen molar-refractivity contribution in [2.75, 3.05) is 34.0 Å². The number of nitrogens with zero attached hydrogens (tertiary/aromatic N) is 1. The van der Waals surface area contributed by atoms with Gasteiger partial charge in [-0.15, -0.1) is 0 Å². The van der Waals surface area contributed by atoms with E-state index < -0.39 is 71.7 Å². The molecule has 14 nitrogen and oxygen atoms in total. The summed E-state index contributed by atoms with van der Waals surface area (Å²) < 4.78 is 30.0. The number of cyclic esters (lactones) is 1. The molecule has 0 aromatic carbocycles. The van der Waals surface area contributed by atoms with Crippen molar-refractivity contribution in [1.82, 2.24) is 4.90 Å². The van der Waals surface area contributed by atoms with Gasteiger partial charge in [0.25, 0.3) is 11.7 Å². The lowest BCUT2D eigenvalue weighted by atomic mass is 9.78. The number of allylic oxidation sites excluding steroid dienone is 6. The second-order valence-electron chi connectivity index (χ2n) is 20.3. The fraction of sp³-hybridized carbons (Fsp3) is 0.755. The van der Waals surface area contributed by atoms with Gasteiger partial charge in [0, 0.05) is 57.3 Å². The first kappa shape index (κ1) is 56.2. The lowest BCUT2D eigenvalue weighted by Gasteiger charge is -2.42. The molecule has 15 atom stereocenters. The fourth-order valence-corrected chi connectivity index (χ4v) is 10.6. The van der Waals surface area contributed by atoms with E-state index in [9.17, 15) is 39.3 Å². The third-order valence-corrected chi connectivity index (χ3v) is 15.0. The molecule has 0 aromatic rings. The molecule has 3 aliphatic heterocycles. The van der Waals surface area contributed by atoms with E-state index in [1.54, 1.807) is 48.0 Å². The van der Waals surface area contributed by atoms with Crippen molar-refractivity contribution in [2.45, 2.75) is 181 Å². The van der Waals surface area contributed by atoms with Gasteiger partial charge < -0.3 is 43.9 Å². The van der Waals surface area contributed by atoms with Gasteiger partial charge in [-0.1, -0.05) is 78.0 Å². The molecule has 1 amide bonds. The third kappa shape index (κ3) is 15.3. The van der Waals surface area contributed by atoms with Crippen LogP contribution in [-0.2, 0) is 47.7 Å². The lowest BCUT2D eigenvalue weighted by Crippen LogP contribution is -2.61. The lowest BCUT2D eigenvalue weighted by molar-refractivity contribution is -0.265. The molecule has 0 unspecified atom stereocenters. The van der Waals surface area contributed by atoms with Crippen molar-refractivity contribution in [1.29, 1.82) is 0 Å². The number of piperidine rings is 1. The molecule has 4 rings (SSSR count). The Kier molecular flexibility index (Phi) is 22.3. The monoisotopic (exact) mass is 942 g/mol. The molecule has 4 aliphatic rings. The molecule has 0 aromatic heterocycles. The largest absolute Gasteiger partial charge is 0.460 e. The van der Waals surface area contributed by atoms with E-state index in [2.05, 4.69) is 0 Å². The Balaban J connectivity index is 1.68. The Bertz CT molecular complexity index is 1790. The van der Waals surface area contributed by atoms with Gasteiger partial charge in [0.2, 0.25) is 5.79 Å². The number of amides is 1. The number of fused-ring (bicyclic) bond motifs is 3. The summed E-state index contributed by atoms with van der Waals surface area (Å²) >= 11 is 0. The van der Waals surface area contributed by atoms with Gasteiger partial charge in [0.1, 0.15) is 23.7 Å². The Morgan fingerprint density at radius 2 is 1.60 bits per heavy atom. The van der Waals surface area contributed by atoms with Crippen LogP contribution < -0.4 is 0 Å². The molecule has 2 bridgehead atoms. The van der Waals surface area contributed by atoms with Crippen molar-refractivity contribution in [2.24, 2.45) is 41.4 Å². The normalized spacial score (nSPS) is 39.6. The summed E-state index contributed by atoms with van der Waals surface area (Å²) in [5.41, 5.74) is 1.38. The quantitative estimate of drug-likeness (QED) is 0.131. The standard InChI is InChI=1S/C53H83NO13/c1-32-16-12-11-13-17-33(2)45(63-9)30-41-21-19-38(7)53(62,67-41)50(59)51(60)54-23-15-14-18-42(54)52(61)66-46(35(4)28-40-20-22-44(65-25-24-55)47(29-40)64-10)31-43(56)34(3)27-37(6)49(58)39(8)48(57)36(5)26-32/h11-13,16-17,27,32,34-36,38-42,44-47,49,55,58,62H,14-15,18-26,28-31H2,1-10H3/b13-11+,16-12+,33-17+,37-27+/t32-,34-,35+,36-,38-,39+,40-,41+,42+,44-,45+,46+,47-,49-,53-/m1/s1. The number of esters is 1. The minimum Gasteiger partial charge on any atom is -0.460 e. The fourth-order valence-electron chi connectivity index (χ4n) is 10.6. The molecule has 67 heavy (non-hydrogen) atoms. The van der Waals surface area contributed by atoms with Crippen LogP contribution in [0.4, 0.5) is 0 Å². The Morgan fingerprint density at radius 3 is 2.28 bits per heavy atom. The van der Waals surface area contributed by atoms with Crippen molar-refractivity contribution in [3.8, 4) is 0 Å². The maximum atomic E-state index is 14.4. The van der Waals surface area contributed by atoms with Crippen LogP contribution in [-0.4, -0.2) is 132 Å². The maximum Gasteiger partial charge on any atom is 0.329 e. The van der Waals surface area contributed by atoms with Crippen molar-refractivity contribution >= 4 is 29.2 Å². The predicted molar refractivity (Wildman–Crippen MR) is 254 cm³/mol. The highest BCUT2D eigenvalue weighted by atomic mass is 16.6. The molecule has 1 aliphatic carbocycles. The number of aliphatic hydroxyl groups is 3. The van der Waals surface area contributed by atoms with Crippen LogP contribution in [0.25, 0.3) is 0 Å². The number of Topliss-reactive ketones (excluding diaryl/α,β-unsaturated/α-hetero) is 3. The molecule has 0 spiro atoms. The van der Waals surface area contributed by atoms with Crippen LogP contribution in [0.15, 0.2) is 47.6 Å². The van der Waals surface area contributed by atoms with Gasteiger partial charge >= 0.3 is 5.97 Å². The summed E-state index contributed by atoms with van der Waals surface area (Å²) in [5.74, 6) is -8.14. The zero-order valence-corrected chi connectivity index (χ0v) is 42.0. The van der Waals surface area contributed by atoms with Crippen LogP contribution >= 0.6 is 0 Å². The SMILES string of the molecule is CO[C@H]1C[C@@H]2CC[C@@H](C)[C@@](O)(O2)C(=O)C(=O)N2CCCC[C@H]2C(=O)O[C@H]([C@@H](C)C[C@H]2CC[C@@H](OCCO)[C@H](OC)C2)CC(=O)[C@H](C)/C=C(\C)[C@@H](O)[C@@H](C)C(=O)[C@H](C)C[C@H](C)/C=C/C=C/C=C/1C. The zero-order chi connectivity index (χ0) is 49.6. The number of methoxy groups -OCH3 is 2. The van der Waals surface area contributed by atoms with Gasteiger partial charge in [0.05, 0.1) is 43.7 Å². The van der Waals surface area contributed by atoms with Crippen LogP contribution in [0.5, 0.6) is 0 Å². The van der Waals surface area contributed by atoms with E-state index in [0.717, 1.165) is 12.0 Å². The predicted octanol–water partition coefficient (Wildman–Crippen LogP) is 6.82. The Labute approximate surface area is 399 Å². The zero-order valence-electron chi connectivity index (χ0n) is 42.0. The molecule has 3 fully saturated rings. The van der Waals surface area contributed by atoms with Gasteiger partial charge in [-0.3, -0.25) is 19.2 Å². The number of ketones is 3. The van der Waals surface area contributed by atoms with E-state index in [-0.39, 0.29) is 80.0 Å². The first-order chi connectivity index (χ1) is 31.7. The first-order valence-corrected chi connectivity index (χ1v) is 24.9. The van der Waals surface area contributed by atoms with E-state index in [1.165, 1.54) is 4.90 Å². The van der Waals surface area contributed by atoms with Gasteiger partial charge in [-0.05, 0) is 107 Å². The maximum absolute atomic E-state index is 14.4. The molecule has 1 saturated carbocycles. The summed E-state index contributed by atoms with van der Waals surface area (Å²) in [6, 6.07) is -1.13.